The highest BCUT2D eigenvalue weighted by molar-refractivity contribution is 7.92. The molecule has 2 aromatic carbocycles. The molecule has 0 fully saturated rings. The van der Waals surface area contributed by atoms with Gasteiger partial charge >= 0.3 is 5.97 Å². The standard InChI is InChI=1S/C23H30N2O5S/c1-15(2)30-21(26)14-24-22(27)17-8-7-9-19(12-17)25-31(28,29)20-13-18(23(4,5)6)11-10-16(20)3/h7-13,15,25H,14H2,1-6H3,(H,24,27). The Balaban J connectivity index is 2.20. The smallest absolute Gasteiger partial charge is 0.325 e. The second kappa shape index (κ2) is 9.51. The summed E-state index contributed by atoms with van der Waals surface area (Å²) in [6.07, 6.45) is -0.276. The van der Waals surface area contributed by atoms with Crippen LogP contribution >= 0.6 is 0 Å². The number of rotatable bonds is 7. The van der Waals surface area contributed by atoms with Crippen molar-refractivity contribution in [3.63, 3.8) is 0 Å². The highest BCUT2D eigenvalue weighted by Crippen LogP contribution is 2.28. The molecule has 168 valence electrons. The zero-order valence-electron chi connectivity index (χ0n) is 18.8. The Morgan fingerprint density at radius 2 is 1.74 bits per heavy atom. The molecule has 0 unspecified atom stereocenters. The van der Waals surface area contributed by atoms with E-state index in [2.05, 4.69) is 10.0 Å². The molecule has 2 N–H and O–H groups in total. The molecule has 2 rings (SSSR count). The highest BCUT2D eigenvalue weighted by Gasteiger charge is 2.22. The number of carbonyl (C=O) groups is 2. The molecule has 31 heavy (non-hydrogen) atoms. The van der Waals surface area contributed by atoms with Crippen LogP contribution in [0.5, 0.6) is 0 Å². The van der Waals surface area contributed by atoms with Gasteiger partial charge in [0.25, 0.3) is 15.9 Å². The summed E-state index contributed by atoms with van der Waals surface area (Å²) in [5.74, 6) is -1.05. The quantitative estimate of drug-likeness (QED) is 0.631. The van der Waals surface area contributed by atoms with Crippen molar-refractivity contribution in [1.29, 1.82) is 0 Å². The van der Waals surface area contributed by atoms with Crippen molar-refractivity contribution in [3.05, 3.63) is 59.2 Å². The van der Waals surface area contributed by atoms with Gasteiger partial charge in [0.15, 0.2) is 0 Å². The predicted octanol–water partition coefficient (Wildman–Crippen LogP) is 3.77. The first-order valence-corrected chi connectivity index (χ1v) is 11.5. The van der Waals surface area contributed by atoms with Crippen molar-refractivity contribution < 1.29 is 22.7 Å². The van der Waals surface area contributed by atoms with Gasteiger partial charge in [-0.2, -0.15) is 0 Å². The van der Waals surface area contributed by atoms with Crippen molar-refractivity contribution in [1.82, 2.24) is 5.32 Å². The number of anilines is 1. The first-order valence-electron chi connectivity index (χ1n) is 10.0. The van der Waals surface area contributed by atoms with Crippen LogP contribution in [0.3, 0.4) is 0 Å². The van der Waals surface area contributed by atoms with Crippen LogP contribution in [0.25, 0.3) is 0 Å². The zero-order chi connectivity index (χ0) is 23.4. The predicted molar refractivity (Wildman–Crippen MR) is 121 cm³/mol. The normalized spacial score (nSPS) is 11.8. The summed E-state index contributed by atoms with van der Waals surface area (Å²) in [7, 11) is -3.86. The Hall–Kier alpha value is -2.87. The average molecular weight is 447 g/mol. The van der Waals surface area contributed by atoms with Gasteiger partial charge in [0, 0.05) is 11.3 Å². The molecule has 0 aromatic heterocycles. The van der Waals surface area contributed by atoms with Crippen LogP contribution in [0, 0.1) is 6.92 Å². The first-order chi connectivity index (χ1) is 14.3. The Morgan fingerprint density at radius 1 is 1.06 bits per heavy atom. The third-order valence-electron chi connectivity index (χ3n) is 4.48. The molecule has 2 aromatic rings. The lowest BCUT2D eigenvalue weighted by atomic mass is 9.87. The number of esters is 1. The van der Waals surface area contributed by atoms with Crippen molar-refractivity contribution in [2.24, 2.45) is 0 Å². The van der Waals surface area contributed by atoms with Gasteiger partial charge in [0.1, 0.15) is 6.54 Å². The van der Waals surface area contributed by atoms with Gasteiger partial charge in [0.2, 0.25) is 0 Å². The van der Waals surface area contributed by atoms with E-state index in [-0.39, 0.29) is 34.2 Å². The molecule has 0 aliphatic carbocycles. The molecular formula is C23H30N2O5S. The molecule has 0 bridgehead atoms. The Labute approximate surface area is 184 Å². The number of ether oxygens (including phenoxy) is 1. The molecule has 0 atom stereocenters. The Morgan fingerprint density at radius 3 is 2.35 bits per heavy atom. The van der Waals surface area contributed by atoms with E-state index in [0.29, 0.717) is 5.56 Å². The van der Waals surface area contributed by atoms with E-state index < -0.39 is 21.9 Å². The van der Waals surface area contributed by atoms with Crippen LogP contribution in [-0.2, 0) is 25.0 Å². The topological polar surface area (TPSA) is 102 Å². The maximum Gasteiger partial charge on any atom is 0.325 e. The van der Waals surface area contributed by atoms with Crippen LogP contribution in [-0.4, -0.2) is 32.9 Å². The summed E-state index contributed by atoms with van der Waals surface area (Å²) in [5.41, 5.74) is 1.79. The number of amides is 1. The number of nitrogens with one attached hydrogen (secondary N) is 2. The zero-order valence-corrected chi connectivity index (χ0v) is 19.6. The maximum atomic E-state index is 13.0. The van der Waals surface area contributed by atoms with E-state index in [1.54, 1.807) is 45.0 Å². The van der Waals surface area contributed by atoms with Gasteiger partial charge in [-0.3, -0.25) is 14.3 Å². The number of hydrogen-bond donors (Lipinski definition) is 2. The van der Waals surface area contributed by atoms with Gasteiger partial charge in [-0.1, -0.05) is 39.0 Å². The first kappa shape index (κ1) is 24.4. The minimum absolute atomic E-state index is 0.186. The lowest BCUT2D eigenvalue weighted by Crippen LogP contribution is -2.31. The van der Waals surface area contributed by atoms with Crippen LogP contribution in [0.4, 0.5) is 5.69 Å². The van der Waals surface area contributed by atoms with Gasteiger partial charge < -0.3 is 10.1 Å². The van der Waals surface area contributed by atoms with E-state index in [9.17, 15) is 18.0 Å². The molecule has 0 radical (unpaired) electrons. The maximum absolute atomic E-state index is 13.0. The van der Waals surface area contributed by atoms with E-state index in [4.69, 9.17) is 4.74 Å². The molecule has 1 amide bonds. The molecule has 0 spiro atoms. The largest absolute Gasteiger partial charge is 0.462 e. The molecule has 7 nitrogen and oxygen atoms in total. The molecule has 0 aliphatic heterocycles. The summed E-state index contributed by atoms with van der Waals surface area (Å²) < 4.78 is 33.6. The summed E-state index contributed by atoms with van der Waals surface area (Å²) >= 11 is 0. The molecule has 0 aliphatic rings. The second-order valence-electron chi connectivity index (χ2n) is 8.64. The summed E-state index contributed by atoms with van der Waals surface area (Å²) in [6.45, 7) is 10.9. The van der Waals surface area contributed by atoms with Crippen LogP contribution in [0.1, 0.15) is 56.1 Å². The highest BCUT2D eigenvalue weighted by atomic mass is 32.2. The summed E-state index contributed by atoms with van der Waals surface area (Å²) in [6, 6.07) is 11.5. The van der Waals surface area contributed by atoms with Crippen molar-refractivity contribution in [3.8, 4) is 0 Å². The minimum Gasteiger partial charge on any atom is -0.462 e. The lowest BCUT2D eigenvalue weighted by molar-refractivity contribution is -0.146. The van der Waals surface area contributed by atoms with E-state index >= 15 is 0 Å². The molecular weight excluding hydrogens is 416 g/mol. The van der Waals surface area contributed by atoms with Crippen molar-refractivity contribution >= 4 is 27.6 Å². The molecule has 0 saturated heterocycles. The molecule has 0 heterocycles. The third kappa shape index (κ3) is 6.82. The van der Waals surface area contributed by atoms with Gasteiger partial charge in [-0.15, -0.1) is 0 Å². The second-order valence-corrected chi connectivity index (χ2v) is 10.3. The fourth-order valence-corrected chi connectivity index (χ4v) is 4.17. The minimum atomic E-state index is -3.86. The number of sulfonamides is 1. The van der Waals surface area contributed by atoms with Gasteiger partial charge in [-0.25, -0.2) is 8.42 Å². The Kier molecular flexibility index (Phi) is 7.49. The fraction of sp³-hybridized carbons (Fsp3) is 0.391. The average Bonchev–Trinajstić information content (AvgIpc) is 2.64. The van der Waals surface area contributed by atoms with E-state index in [1.165, 1.54) is 12.1 Å². The SMILES string of the molecule is Cc1ccc(C(C)(C)C)cc1S(=O)(=O)Nc1cccc(C(=O)NCC(=O)OC(C)C)c1. The Bertz CT molecular complexity index is 1070. The molecule has 0 saturated carbocycles. The van der Waals surface area contributed by atoms with Crippen LogP contribution in [0.2, 0.25) is 0 Å². The number of carbonyl (C=O) groups excluding carboxylic acids is 2. The van der Waals surface area contributed by atoms with Crippen molar-refractivity contribution in [2.75, 3.05) is 11.3 Å². The lowest BCUT2D eigenvalue weighted by Gasteiger charge is -2.21. The summed E-state index contributed by atoms with van der Waals surface area (Å²) in [4.78, 5) is 24.1. The number of benzene rings is 2. The van der Waals surface area contributed by atoms with Gasteiger partial charge in [0.05, 0.1) is 11.0 Å². The number of hydrogen-bond acceptors (Lipinski definition) is 5. The fourth-order valence-electron chi connectivity index (χ4n) is 2.85. The summed E-state index contributed by atoms with van der Waals surface area (Å²) in [5, 5.41) is 2.47. The van der Waals surface area contributed by atoms with Gasteiger partial charge in [-0.05, 0) is 61.6 Å². The third-order valence-corrected chi connectivity index (χ3v) is 6.00. The van der Waals surface area contributed by atoms with E-state index in [1.807, 2.05) is 26.8 Å². The number of aryl methyl sites for hydroxylation is 1. The molecule has 8 heteroatoms. The van der Waals surface area contributed by atoms with Crippen LogP contribution < -0.4 is 10.0 Å². The van der Waals surface area contributed by atoms with Crippen molar-refractivity contribution in [2.45, 2.75) is 58.0 Å². The van der Waals surface area contributed by atoms with E-state index in [0.717, 1.165) is 5.56 Å². The van der Waals surface area contributed by atoms with Crippen LogP contribution in [0.15, 0.2) is 47.4 Å². The monoisotopic (exact) mass is 446 g/mol.